The van der Waals surface area contributed by atoms with E-state index in [0.717, 1.165) is 11.3 Å². The lowest BCUT2D eigenvalue weighted by atomic mass is 10.2. The summed E-state index contributed by atoms with van der Waals surface area (Å²) >= 11 is 0. The van der Waals surface area contributed by atoms with Gasteiger partial charge in [-0.2, -0.15) is 0 Å². The van der Waals surface area contributed by atoms with Gasteiger partial charge in [-0.05, 0) is 35.9 Å². The summed E-state index contributed by atoms with van der Waals surface area (Å²) in [4.78, 5) is 2.12. The molecule has 21 heavy (non-hydrogen) atoms. The van der Waals surface area contributed by atoms with Crippen LogP contribution in [-0.4, -0.2) is 22.5 Å². The van der Waals surface area contributed by atoms with Gasteiger partial charge < -0.3 is 10.6 Å². The minimum absolute atomic E-state index is 0.209. The maximum Gasteiger partial charge on any atom is 0.261 e. The standard InChI is InChI=1S/C15H19N3O2S/c1-18(2)14-7-4-6-13(10-14)17-21(19,20)15-8-3-5-12(9-15)11-16/h3-10,17H,11,16H2,1-2H3. The molecular formula is C15H19N3O2S. The summed E-state index contributed by atoms with van der Waals surface area (Å²) in [6.07, 6.45) is 0. The molecule has 0 aliphatic carbocycles. The van der Waals surface area contributed by atoms with Crippen LogP contribution in [0.1, 0.15) is 5.56 Å². The number of hydrogen-bond acceptors (Lipinski definition) is 4. The van der Waals surface area contributed by atoms with Crippen molar-refractivity contribution >= 4 is 21.4 Å². The summed E-state index contributed by atoms with van der Waals surface area (Å²) in [6, 6.07) is 13.8. The predicted molar refractivity (Wildman–Crippen MR) is 85.9 cm³/mol. The molecule has 0 fully saturated rings. The number of anilines is 2. The monoisotopic (exact) mass is 305 g/mol. The lowest BCUT2D eigenvalue weighted by Crippen LogP contribution is -2.14. The molecule has 0 radical (unpaired) electrons. The van der Waals surface area contributed by atoms with Crippen molar-refractivity contribution < 1.29 is 8.42 Å². The third-order valence-electron chi connectivity index (χ3n) is 3.06. The molecule has 0 aromatic heterocycles. The summed E-state index contributed by atoms with van der Waals surface area (Å²) in [7, 11) is 0.190. The van der Waals surface area contributed by atoms with Crippen LogP contribution in [0.15, 0.2) is 53.4 Å². The second kappa shape index (κ2) is 6.15. The fraction of sp³-hybridized carbons (Fsp3) is 0.200. The highest BCUT2D eigenvalue weighted by Crippen LogP contribution is 2.21. The van der Waals surface area contributed by atoms with Gasteiger partial charge >= 0.3 is 0 Å². The van der Waals surface area contributed by atoms with E-state index in [1.54, 1.807) is 36.4 Å². The van der Waals surface area contributed by atoms with E-state index in [0.29, 0.717) is 12.2 Å². The van der Waals surface area contributed by atoms with Crippen LogP contribution in [0.5, 0.6) is 0 Å². The molecule has 2 rings (SSSR count). The summed E-state index contributed by atoms with van der Waals surface area (Å²) in [5.74, 6) is 0. The first-order valence-electron chi connectivity index (χ1n) is 6.51. The molecule has 0 aliphatic rings. The quantitative estimate of drug-likeness (QED) is 0.886. The summed E-state index contributed by atoms with van der Waals surface area (Å²) in [5, 5.41) is 0. The van der Waals surface area contributed by atoms with E-state index in [2.05, 4.69) is 4.72 Å². The number of rotatable bonds is 5. The first-order valence-corrected chi connectivity index (χ1v) is 8.00. The molecule has 0 saturated carbocycles. The van der Waals surface area contributed by atoms with Crippen molar-refractivity contribution in [1.82, 2.24) is 0 Å². The van der Waals surface area contributed by atoms with Gasteiger partial charge in [-0.15, -0.1) is 0 Å². The molecular weight excluding hydrogens is 286 g/mol. The van der Waals surface area contributed by atoms with E-state index in [1.807, 2.05) is 31.1 Å². The molecule has 0 saturated heterocycles. The smallest absolute Gasteiger partial charge is 0.261 e. The summed E-state index contributed by atoms with van der Waals surface area (Å²) in [6.45, 7) is 0.305. The van der Waals surface area contributed by atoms with Crippen molar-refractivity contribution in [3.05, 3.63) is 54.1 Å². The van der Waals surface area contributed by atoms with Gasteiger partial charge in [0.1, 0.15) is 0 Å². The van der Waals surface area contributed by atoms with E-state index < -0.39 is 10.0 Å². The predicted octanol–water partition coefficient (Wildman–Crippen LogP) is 2.01. The Morgan fingerprint density at radius 3 is 2.48 bits per heavy atom. The highest BCUT2D eigenvalue weighted by atomic mass is 32.2. The fourth-order valence-corrected chi connectivity index (χ4v) is 3.02. The maximum absolute atomic E-state index is 12.4. The average Bonchev–Trinajstić information content (AvgIpc) is 2.47. The first kappa shape index (κ1) is 15.3. The lowest BCUT2D eigenvalue weighted by Gasteiger charge is -2.14. The molecule has 2 aromatic rings. The zero-order chi connectivity index (χ0) is 15.5. The Morgan fingerprint density at radius 1 is 1.10 bits per heavy atom. The van der Waals surface area contributed by atoms with Crippen molar-refractivity contribution in [2.45, 2.75) is 11.4 Å². The number of hydrogen-bond donors (Lipinski definition) is 2. The van der Waals surface area contributed by atoms with Crippen LogP contribution in [0.2, 0.25) is 0 Å². The molecule has 0 heterocycles. The normalized spacial score (nSPS) is 11.2. The molecule has 2 aromatic carbocycles. The molecule has 0 aliphatic heterocycles. The van der Waals surface area contributed by atoms with Gasteiger partial charge in [-0.3, -0.25) is 4.72 Å². The van der Waals surface area contributed by atoms with Gasteiger partial charge in [0.2, 0.25) is 0 Å². The lowest BCUT2D eigenvalue weighted by molar-refractivity contribution is 0.601. The topological polar surface area (TPSA) is 75.4 Å². The van der Waals surface area contributed by atoms with Crippen molar-refractivity contribution in [1.29, 1.82) is 0 Å². The van der Waals surface area contributed by atoms with E-state index in [1.165, 1.54) is 0 Å². The van der Waals surface area contributed by atoms with E-state index in [9.17, 15) is 8.42 Å². The number of benzene rings is 2. The minimum atomic E-state index is -3.61. The van der Waals surface area contributed by atoms with E-state index in [4.69, 9.17) is 5.73 Å². The van der Waals surface area contributed by atoms with Gasteiger partial charge in [0.05, 0.1) is 10.6 Å². The Morgan fingerprint density at radius 2 is 1.81 bits per heavy atom. The number of nitrogens with one attached hydrogen (secondary N) is 1. The fourth-order valence-electron chi connectivity index (χ4n) is 1.90. The van der Waals surface area contributed by atoms with Gasteiger partial charge in [-0.1, -0.05) is 18.2 Å². The second-order valence-electron chi connectivity index (χ2n) is 4.90. The van der Waals surface area contributed by atoms with Crippen LogP contribution >= 0.6 is 0 Å². The van der Waals surface area contributed by atoms with Crippen LogP contribution < -0.4 is 15.4 Å². The van der Waals surface area contributed by atoms with Crippen LogP contribution in [0, 0.1) is 0 Å². The van der Waals surface area contributed by atoms with Crippen molar-refractivity contribution in [3.63, 3.8) is 0 Å². The van der Waals surface area contributed by atoms with E-state index >= 15 is 0 Å². The Balaban J connectivity index is 2.30. The Kier molecular flexibility index (Phi) is 4.50. The van der Waals surface area contributed by atoms with E-state index in [-0.39, 0.29) is 4.90 Å². The molecule has 0 amide bonds. The number of nitrogens with zero attached hydrogens (tertiary/aromatic N) is 1. The Bertz CT molecular complexity index is 727. The SMILES string of the molecule is CN(C)c1cccc(NS(=O)(=O)c2cccc(CN)c2)c1. The molecule has 0 atom stereocenters. The Hall–Kier alpha value is -2.05. The summed E-state index contributed by atoms with van der Waals surface area (Å²) < 4.78 is 27.4. The van der Waals surface area contributed by atoms with Crippen LogP contribution in [-0.2, 0) is 16.6 Å². The number of sulfonamides is 1. The van der Waals surface area contributed by atoms with Gasteiger partial charge in [0.25, 0.3) is 10.0 Å². The first-order chi connectivity index (χ1) is 9.92. The van der Waals surface area contributed by atoms with Gasteiger partial charge in [0.15, 0.2) is 0 Å². The maximum atomic E-state index is 12.4. The van der Waals surface area contributed by atoms with Gasteiger partial charge in [0, 0.05) is 26.3 Å². The third-order valence-corrected chi connectivity index (χ3v) is 4.44. The molecule has 6 heteroatoms. The van der Waals surface area contributed by atoms with Crippen LogP contribution in [0.25, 0.3) is 0 Å². The van der Waals surface area contributed by atoms with Crippen LogP contribution in [0.3, 0.4) is 0 Å². The zero-order valence-electron chi connectivity index (χ0n) is 12.1. The molecule has 0 unspecified atom stereocenters. The average molecular weight is 305 g/mol. The highest BCUT2D eigenvalue weighted by Gasteiger charge is 2.14. The minimum Gasteiger partial charge on any atom is -0.378 e. The molecule has 0 bridgehead atoms. The third kappa shape index (κ3) is 3.74. The second-order valence-corrected chi connectivity index (χ2v) is 6.58. The molecule has 3 N–H and O–H groups in total. The van der Waals surface area contributed by atoms with Gasteiger partial charge in [-0.25, -0.2) is 8.42 Å². The number of nitrogens with two attached hydrogens (primary N) is 1. The molecule has 0 spiro atoms. The molecule has 5 nitrogen and oxygen atoms in total. The van der Waals surface area contributed by atoms with Crippen molar-refractivity contribution in [3.8, 4) is 0 Å². The highest BCUT2D eigenvalue weighted by molar-refractivity contribution is 7.92. The zero-order valence-corrected chi connectivity index (χ0v) is 12.9. The largest absolute Gasteiger partial charge is 0.378 e. The molecule has 112 valence electrons. The van der Waals surface area contributed by atoms with Crippen molar-refractivity contribution in [2.24, 2.45) is 5.73 Å². The summed E-state index contributed by atoms with van der Waals surface area (Å²) in [5.41, 5.74) is 7.77. The van der Waals surface area contributed by atoms with Crippen molar-refractivity contribution in [2.75, 3.05) is 23.7 Å². The van der Waals surface area contributed by atoms with Crippen LogP contribution in [0.4, 0.5) is 11.4 Å². The Labute approximate surface area is 125 Å².